The number of carboxylic acids is 1. The summed E-state index contributed by atoms with van der Waals surface area (Å²) in [4.78, 5) is 51.0. The lowest BCUT2D eigenvalue weighted by atomic mass is 9.84. The van der Waals surface area contributed by atoms with Crippen molar-refractivity contribution in [2.45, 2.75) is 44.6 Å². The number of rotatable bonds is 9. The van der Waals surface area contributed by atoms with E-state index in [0.717, 1.165) is 25.7 Å². The molecule has 1 saturated carbocycles. The maximum atomic E-state index is 12.6. The molecule has 1 fully saturated rings. The molecule has 1 aliphatic rings. The average Bonchev–Trinajstić information content (AvgIpc) is 2.71. The third-order valence-corrected chi connectivity index (χ3v) is 4.70. The van der Waals surface area contributed by atoms with Gasteiger partial charge < -0.3 is 21.1 Å². The third kappa shape index (κ3) is 7.34. The molecule has 1 aromatic rings. The first-order valence-electron chi connectivity index (χ1n) is 9.43. The summed E-state index contributed by atoms with van der Waals surface area (Å²) in [5.41, 5.74) is 0.350. The summed E-state index contributed by atoms with van der Waals surface area (Å²) < 4.78 is 0. The second-order valence-corrected chi connectivity index (χ2v) is 6.90. The summed E-state index contributed by atoms with van der Waals surface area (Å²) in [6.07, 6.45) is 8.87. The predicted octanol–water partition coefficient (Wildman–Crippen LogP) is 0.467. The topological polar surface area (TPSA) is 137 Å². The van der Waals surface area contributed by atoms with Crippen LogP contribution in [0.5, 0.6) is 0 Å². The van der Waals surface area contributed by atoms with E-state index in [0.29, 0.717) is 17.9 Å². The average molecular weight is 390 g/mol. The first-order chi connectivity index (χ1) is 13.5. The number of pyridine rings is 1. The van der Waals surface area contributed by atoms with Crippen LogP contribution in [-0.4, -0.2) is 52.9 Å². The van der Waals surface area contributed by atoms with Crippen LogP contribution in [0.3, 0.4) is 0 Å². The molecule has 0 unspecified atom stereocenters. The highest BCUT2D eigenvalue weighted by molar-refractivity contribution is 5.97. The summed E-state index contributed by atoms with van der Waals surface area (Å²) >= 11 is 0. The van der Waals surface area contributed by atoms with E-state index in [4.69, 9.17) is 5.11 Å². The van der Waals surface area contributed by atoms with Crippen LogP contribution in [0.4, 0.5) is 0 Å². The van der Waals surface area contributed by atoms with Crippen molar-refractivity contribution in [3.63, 3.8) is 0 Å². The minimum atomic E-state index is -1.17. The molecule has 1 heterocycles. The monoisotopic (exact) mass is 390 g/mol. The van der Waals surface area contributed by atoms with Gasteiger partial charge in [-0.1, -0.05) is 32.1 Å². The fourth-order valence-corrected chi connectivity index (χ4v) is 3.25. The van der Waals surface area contributed by atoms with Gasteiger partial charge in [-0.15, -0.1) is 0 Å². The molecule has 3 amide bonds. The van der Waals surface area contributed by atoms with Crippen molar-refractivity contribution in [3.05, 3.63) is 30.1 Å². The van der Waals surface area contributed by atoms with Gasteiger partial charge in [-0.3, -0.25) is 24.2 Å². The number of carbonyl (C=O) groups excluding carboxylic acids is 3. The molecule has 0 aromatic carbocycles. The van der Waals surface area contributed by atoms with Gasteiger partial charge in [0.15, 0.2) is 0 Å². The molecule has 0 saturated heterocycles. The Labute approximate surface area is 163 Å². The minimum absolute atomic E-state index is 0.333. The number of hydrogen-bond donors (Lipinski definition) is 4. The molecule has 4 N–H and O–H groups in total. The standard InChI is InChI=1S/C19H26N4O5/c24-16(21-12-17(25)26)11-22-19(28)15(9-13-5-2-1-3-6-13)23-18(27)14-7-4-8-20-10-14/h4,7-8,10,13,15H,1-3,5-6,9,11-12H2,(H,21,24)(H,22,28)(H,23,27)(H,25,26)/t15-/m0/s1. The Morgan fingerprint density at radius 3 is 2.50 bits per heavy atom. The zero-order chi connectivity index (χ0) is 20.4. The summed E-state index contributed by atoms with van der Waals surface area (Å²) in [6.45, 7) is -0.867. The van der Waals surface area contributed by atoms with E-state index in [1.54, 1.807) is 18.3 Å². The van der Waals surface area contributed by atoms with Crippen LogP contribution < -0.4 is 16.0 Å². The first kappa shape index (κ1) is 21.3. The number of aliphatic carboxylic acids is 1. The van der Waals surface area contributed by atoms with Crippen LogP contribution in [0.15, 0.2) is 24.5 Å². The number of carbonyl (C=O) groups is 4. The van der Waals surface area contributed by atoms with Gasteiger partial charge in [0.2, 0.25) is 11.8 Å². The van der Waals surface area contributed by atoms with Gasteiger partial charge in [-0.25, -0.2) is 0 Å². The molecule has 0 bridgehead atoms. The lowest BCUT2D eigenvalue weighted by Gasteiger charge is -2.26. The van der Waals surface area contributed by atoms with Gasteiger partial charge in [-0.2, -0.15) is 0 Å². The lowest BCUT2D eigenvalue weighted by Crippen LogP contribution is -2.50. The van der Waals surface area contributed by atoms with Crippen LogP contribution in [-0.2, 0) is 14.4 Å². The SMILES string of the molecule is O=C(O)CNC(=O)CNC(=O)[C@H](CC1CCCCC1)NC(=O)c1cccnc1. The Kier molecular flexibility index (Phi) is 8.38. The van der Waals surface area contributed by atoms with Gasteiger partial charge in [0.25, 0.3) is 5.91 Å². The number of hydrogen-bond acceptors (Lipinski definition) is 5. The molecule has 152 valence electrons. The smallest absolute Gasteiger partial charge is 0.322 e. The quantitative estimate of drug-likeness (QED) is 0.484. The second-order valence-electron chi connectivity index (χ2n) is 6.90. The van der Waals surface area contributed by atoms with Crippen LogP contribution >= 0.6 is 0 Å². The Balaban J connectivity index is 1.95. The second kappa shape index (κ2) is 11.0. The van der Waals surface area contributed by atoms with Crippen LogP contribution in [0.2, 0.25) is 0 Å². The van der Waals surface area contributed by atoms with E-state index in [1.165, 1.54) is 12.6 Å². The van der Waals surface area contributed by atoms with Gasteiger partial charge in [0.05, 0.1) is 12.1 Å². The normalized spacial score (nSPS) is 15.3. The van der Waals surface area contributed by atoms with E-state index in [-0.39, 0.29) is 6.54 Å². The molecule has 28 heavy (non-hydrogen) atoms. The molecular weight excluding hydrogens is 364 g/mol. The molecule has 9 heteroatoms. The summed E-state index contributed by atoms with van der Waals surface area (Å²) in [7, 11) is 0. The van der Waals surface area contributed by atoms with Gasteiger partial charge in [0.1, 0.15) is 12.6 Å². The number of carboxylic acid groups (broad SMARTS) is 1. The molecule has 1 atom stereocenters. The Morgan fingerprint density at radius 1 is 1.11 bits per heavy atom. The maximum Gasteiger partial charge on any atom is 0.322 e. The third-order valence-electron chi connectivity index (χ3n) is 4.70. The largest absolute Gasteiger partial charge is 0.480 e. The number of amides is 3. The van der Waals surface area contributed by atoms with Crippen molar-refractivity contribution in [1.29, 1.82) is 0 Å². The van der Waals surface area contributed by atoms with Crippen molar-refractivity contribution in [1.82, 2.24) is 20.9 Å². The predicted molar refractivity (Wildman–Crippen MR) is 100 cm³/mol. The van der Waals surface area contributed by atoms with Crippen molar-refractivity contribution >= 4 is 23.7 Å². The summed E-state index contributed by atoms with van der Waals surface area (Å²) in [5.74, 6) is -2.31. The van der Waals surface area contributed by atoms with Crippen molar-refractivity contribution in [2.75, 3.05) is 13.1 Å². The molecule has 0 aliphatic heterocycles. The lowest BCUT2D eigenvalue weighted by molar-refractivity contribution is -0.137. The summed E-state index contributed by atoms with van der Waals surface area (Å²) in [6, 6.07) is 2.47. The van der Waals surface area contributed by atoms with Crippen molar-refractivity contribution in [3.8, 4) is 0 Å². The first-order valence-corrected chi connectivity index (χ1v) is 9.43. The number of nitrogens with one attached hydrogen (secondary N) is 3. The Morgan fingerprint density at radius 2 is 1.86 bits per heavy atom. The van der Waals surface area contributed by atoms with E-state index in [1.807, 2.05) is 0 Å². The Hall–Kier alpha value is -2.97. The molecule has 1 aliphatic carbocycles. The van der Waals surface area contributed by atoms with Crippen LogP contribution in [0.25, 0.3) is 0 Å². The molecular formula is C19H26N4O5. The van der Waals surface area contributed by atoms with Crippen LogP contribution in [0.1, 0.15) is 48.9 Å². The minimum Gasteiger partial charge on any atom is -0.480 e. The van der Waals surface area contributed by atoms with Crippen molar-refractivity contribution < 1.29 is 24.3 Å². The molecule has 0 spiro atoms. The fourth-order valence-electron chi connectivity index (χ4n) is 3.25. The fraction of sp³-hybridized carbons (Fsp3) is 0.526. The van der Waals surface area contributed by atoms with E-state index in [2.05, 4.69) is 20.9 Å². The zero-order valence-corrected chi connectivity index (χ0v) is 15.6. The molecule has 0 radical (unpaired) electrons. The maximum absolute atomic E-state index is 12.6. The van der Waals surface area contributed by atoms with E-state index >= 15 is 0 Å². The number of nitrogens with zero attached hydrogens (tertiary/aromatic N) is 1. The molecule has 9 nitrogen and oxygen atoms in total. The highest BCUT2D eigenvalue weighted by atomic mass is 16.4. The number of aromatic nitrogens is 1. The highest BCUT2D eigenvalue weighted by Crippen LogP contribution is 2.27. The summed E-state index contributed by atoms with van der Waals surface area (Å²) in [5, 5.41) is 16.0. The zero-order valence-electron chi connectivity index (χ0n) is 15.6. The van der Waals surface area contributed by atoms with E-state index < -0.39 is 36.3 Å². The molecule has 1 aromatic heterocycles. The van der Waals surface area contributed by atoms with Crippen LogP contribution in [0, 0.1) is 5.92 Å². The van der Waals surface area contributed by atoms with Gasteiger partial charge >= 0.3 is 5.97 Å². The Bertz CT molecular complexity index is 689. The van der Waals surface area contributed by atoms with Crippen molar-refractivity contribution in [2.24, 2.45) is 5.92 Å². The highest BCUT2D eigenvalue weighted by Gasteiger charge is 2.26. The van der Waals surface area contributed by atoms with E-state index in [9.17, 15) is 19.2 Å². The van der Waals surface area contributed by atoms with Gasteiger partial charge in [0, 0.05) is 12.4 Å². The van der Waals surface area contributed by atoms with Gasteiger partial charge in [-0.05, 0) is 24.5 Å². The molecule has 2 rings (SSSR count).